The first-order valence-electron chi connectivity index (χ1n) is 18.3. The molecule has 0 aliphatic rings. The second kappa shape index (κ2) is 11.8. The van der Waals surface area contributed by atoms with E-state index in [0.29, 0.717) is 0 Å². The maximum Gasteiger partial charge on any atom is 0.143 e. The van der Waals surface area contributed by atoms with Crippen molar-refractivity contribution in [2.75, 3.05) is 0 Å². The fraction of sp³-hybridized carbons (Fsp3) is 0. The Balaban J connectivity index is 1.17. The number of hydrogen-bond donors (Lipinski definition) is 0. The lowest BCUT2D eigenvalue weighted by Crippen LogP contribution is -1.93. The SMILES string of the molecule is c1cc(-c2c3ccccc3c(-c3ccccc3-c3cc4ccccc4c4ccccc34)c3ccccc23)cc(-c2cccc3c2oc2ccccc23)c1. The minimum absolute atomic E-state index is 0.913. The number of benzene rings is 10. The van der Waals surface area contributed by atoms with Gasteiger partial charge in [-0.15, -0.1) is 0 Å². The molecule has 1 heterocycles. The molecule has 0 saturated carbocycles. The lowest BCUT2D eigenvalue weighted by atomic mass is 9.82. The second-order valence-corrected chi connectivity index (χ2v) is 13.9. The summed E-state index contributed by atoms with van der Waals surface area (Å²) in [5.74, 6) is 0. The molecule has 0 atom stereocenters. The van der Waals surface area contributed by atoms with Crippen molar-refractivity contribution < 1.29 is 4.42 Å². The molecule has 1 heteroatoms. The Morgan fingerprint density at radius 3 is 1.53 bits per heavy atom. The molecule has 53 heavy (non-hydrogen) atoms. The van der Waals surface area contributed by atoms with Gasteiger partial charge in [-0.25, -0.2) is 0 Å². The Bertz CT molecular complexity index is 3180. The van der Waals surface area contributed by atoms with E-state index in [0.717, 1.165) is 33.1 Å². The summed E-state index contributed by atoms with van der Waals surface area (Å²) in [5, 5.41) is 12.3. The predicted octanol–water partition coefficient (Wildman–Crippen LogP) is 14.9. The molecule has 0 unspecified atom stereocenters. The Morgan fingerprint density at radius 1 is 0.264 bits per heavy atom. The summed E-state index contributed by atoms with van der Waals surface area (Å²) >= 11 is 0. The van der Waals surface area contributed by atoms with Crippen LogP contribution in [0, 0.1) is 0 Å². The average molecular weight is 673 g/mol. The highest BCUT2D eigenvalue weighted by Crippen LogP contribution is 2.48. The van der Waals surface area contributed by atoms with Crippen molar-refractivity contribution >= 4 is 65.0 Å². The normalized spacial score (nSPS) is 11.8. The van der Waals surface area contributed by atoms with E-state index in [2.05, 4.69) is 188 Å². The zero-order chi connectivity index (χ0) is 34.9. The lowest BCUT2D eigenvalue weighted by Gasteiger charge is -2.21. The highest BCUT2D eigenvalue weighted by molar-refractivity contribution is 6.24. The van der Waals surface area contributed by atoms with Crippen LogP contribution in [0.3, 0.4) is 0 Å². The maximum atomic E-state index is 6.49. The summed E-state index contributed by atoms with van der Waals surface area (Å²) < 4.78 is 6.49. The molecule has 11 rings (SSSR count). The third-order valence-corrected chi connectivity index (χ3v) is 11.1. The molecule has 0 saturated heterocycles. The van der Waals surface area contributed by atoms with Crippen LogP contribution >= 0.6 is 0 Å². The van der Waals surface area contributed by atoms with E-state index in [-0.39, 0.29) is 0 Å². The maximum absolute atomic E-state index is 6.49. The molecule has 1 aromatic heterocycles. The van der Waals surface area contributed by atoms with Crippen LogP contribution in [0.25, 0.3) is 110 Å². The molecular formula is C52H32O. The van der Waals surface area contributed by atoms with Crippen molar-refractivity contribution in [3.63, 3.8) is 0 Å². The minimum Gasteiger partial charge on any atom is -0.455 e. The van der Waals surface area contributed by atoms with E-state index >= 15 is 0 Å². The molecular weight excluding hydrogens is 641 g/mol. The van der Waals surface area contributed by atoms with Crippen molar-refractivity contribution in [1.29, 1.82) is 0 Å². The molecule has 0 fully saturated rings. The molecule has 0 aliphatic carbocycles. The summed E-state index contributed by atoms with van der Waals surface area (Å²) in [5.41, 5.74) is 11.5. The second-order valence-electron chi connectivity index (χ2n) is 13.9. The summed E-state index contributed by atoms with van der Waals surface area (Å²) in [6.45, 7) is 0. The van der Waals surface area contributed by atoms with E-state index in [9.17, 15) is 0 Å². The highest BCUT2D eigenvalue weighted by atomic mass is 16.3. The van der Waals surface area contributed by atoms with E-state index in [1.165, 1.54) is 76.5 Å². The van der Waals surface area contributed by atoms with Crippen molar-refractivity contribution in [2.45, 2.75) is 0 Å². The first-order chi connectivity index (χ1) is 26.3. The topological polar surface area (TPSA) is 13.1 Å². The quantitative estimate of drug-likeness (QED) is 0.134. The van der Waals surface area contributed by atoms with Crippen LogP contribution in [0.2, 0.25) is 0 Å². The Labute approximate surface area is 307 Å². The Kier molecular flexibility index (Phi) is 6.62. The summed E-state index contributed by atoms with van der Waals surface area (Å²) in [7, 11) is 0. The molecule has 0 amide bonds. The monoisotopic (exact) mass is 672 g/mol. The largest absolute Gasteiger partial charge is 0.455 e. The van der Waals surface area contributed by atoms with Gasteiger partial charge < -0.3 is 4.42 Å². The first-order valence-corrected chi connectivity index (χ1v) is 18.3. The zero-order valence-corrected chi connectivity index (χ0v) is 28.9. The Hall–Kier alpha value is -6.96. The Morgan fingerprint density at radius 2 is 0.774 bits per heavy atom. The van der Waals surface area contributed by atoms with Gasteiger partial charge in [0.15, 0.2) is 0 Å². The van der Waals surface area contributed by atoms with Crippen LogP contribution in [0.4, 0.5) is 0 Å². The van der Waals surface area contributed by atoms with Crippen molar-refractivity contribution in [3.8, 4) is 44.5 Å². The van der Waals surface area contributed by atoms with E-state index in [1.807, 2.05) is 6.07 Å². The molecule has 11 aromatic rings. The van der Waals surface area contributed by atoms with Gasteiger partial charge in [-0.3, -0.25) is 0 Å². The van der Waals surface area contributed by atoms with Crippen LogP contribution in [0.15, 0.2) is 199 Å². The van der Waals surface area contributed by atoms with Crippen molar-refractivity contribution in [1.82, 2.24) is 0 Å². The first kappa shape index (κ1) is 29.7. The third-order valence-electron chi connectivity index (χ3n) is 11.1. The van der Waals surface area contributed by atoms with E-state index in [1.54, 1.807) is 0 Å². The molecule has 0 radical (unpaired) electrons. The fourth-order valence-electron chi connectivity index (χ4n) is 8.76. The minimum atomic E-state index is 0.913. The fourth-order valence-corrected chi connectivity index (χ4v) is 8.76. The molecule has 10 aromatic carbocycles. The predicted molar refractivity (Wildman–Crippen MR) is 225 cm³/mol. The zero-order valence-electron chi connectivity index (χ0n) is 28.9. The van der Waals surface area contributed by atoms with Crippen LogP contribution in [0.5, 0.6) is 0 Å². The van der Waals surface area contributed by atoms with Gasteiger partial charge in [-0.2, -0.15) is 0 Å². The number of furan rings is 1. The van der Waals surface area contributed by atoms with Crippen molar-refractivity contribution in [2.24, 2.45) is 0 Å². The summed E-state index contributed by atoms with van der Waals surface area (Å²) in [6, 6.07) is 70.6. The van der Waals surface area contributed by atoms with Gasteiger partial charge in [0.1, 0.15) is 11.2 Å². The number of fused-ring (bicyclic) bond motifs is 8. The van der Waals surface area contributed by atoms with Gasteiger partial charge in [0, 0.05) is 16.3 Å². The molecule has 0 bridgehead atoms. The molecule has 0 N–H and O–H groups in total. The lowest BCUT2D eigenvalue weighted by molar-refractivity contribution is 0.670. The van der Waals surface area contributed by atoms with Gasteiger partial charge in [0.2, 0.25) is 0 Å². The van der Waals surface area contributed by atoms with Crippen LogP contribution in [-0.2, 0) is 0 Å². The van der Waals surface area contributed by atoms with Gasteiger partial charge in [-0.05, 0) is 100 Å². The van der Waals surface area contributed by atoms with Crippen LogP contribution in [-0.4, -0.2) is 0 Å². The number of hydrogen-bond acceptors (Lipinski definition) is 1. The van der Waals surface area contributed by atoms with Crippen LogP contribution < -0.4 is 0 Å². The van der Waals surface area contributed by atoms with E-state index < -0.39 is 0 Å². The van der Waals surface area contributed by atoms with Crippen molar-refractivity contribution in [3.05, 3.63) is 194 Å². The standard InChI is InChI=1S/C52H32O/c1-2-18-36-34(15-1)32-48(39-20-4-3-19-38(36)39)40-21-5-6-23-42(40)51-45-26-9-7-24-43(45)50(44-25-8-10-27-46(44)51)35-17-13-16-33(31-35)37-28-14-29-47-41-22-11-12-30-49(41)53-52(37)47/h1-32H. The van der Waals surface area contributed by atoms with Gasteiger partial charge >= 0.3 is 0 Å². The smallest absolute Gasteiger partial charge is 0.143 e. The van der Waals surface area contributed by atoms with Gasteiger partial charge in [0.05, 0.1) is 0 Å². The number of rotatable bonds is 4. The third kappa shape index (κ3) is 4.58. The summed E-state index contributed by atoms with van der Waals surface area (Å²) in [6.07, 6.45) is 0. The van der Waals surface area contributed by atoms with Gasteiger partial charge in [-0.1, -0.05) is 176 Å². The summed E-state index contributed by atoms with van der Waals surface area (Å²) in [4.78, 5) is 0. The molecule has 0 spiro atoms. The molecule has 1 nitrogen and oxygen atoms in total. The van der Waals surface area contributed by atoms with E-state index in [4.69, 9.17) is 4.42 Å². The highest BCUT2D eigenvalue weighted by Gasteiger charge is 2.21. The molecule has 246 valence electrons. The molecule has 0 aliphatic heterocycles. The number of para-hydroxylation sites is 2. The van der Waals surface area contributed by atoms with Gasteiger partial charge in [0.25, 0.3) is 0 Å². The average Bonchev–Trinajstić information content (AvgIpc) is 3.62. The van der Waals surface area contributed by atoms with Crippen LogP contribution in [0.1, 0.15) is 0 Å².